The van der Waals surface area contributed by atoms with Gasteiger partial charge in [0.2, 0.25) is 5.91 Å². The summed E-state index contributed by atoms with van der Waals surface area (Å²) in [5.41, 5.74) is 3.99. The van der Waals surface area contributed by atoms with Gasteiger partial charge in [-0.1, -0.05) is 33.8 Å². The van der Waals surface area contributed by atoms with E-state index in [1.54, 1.807) is 6.08 Å². The number of thioether (sulfide) groups is 1. The van der Waals surface area contributed by atoms with Gasteiger partial charge in [0.05, 0.1) is 17.0 Å². The van der Waals surface area contributed by atoms with E-state index in [0.29, 0.717) is 22.7 Å². The van der Waals surface area contributed by atoms with E-state index < -0.39 is 0 Å². The average Bonchev–Trinajstić information content (AvgIpc) is 2.60. The van der Waals surface area contributed by atoms with Crippen molar-refractivity contribution in [3.8, 4) is 6.07 Å². The number of halogens is 2. The van der Waals surface area contributed by atoms with Crippen LogP contribution in [0.3, 0.4) is 0 Å². The summed E-state index contributed by atoms with van der Waals surface area (Å²) >= 11 is 8.07. The van der Waals surface area contributed by atoms with E-state index >= 15 is 0 Å². The quantitative estimate of drug-likeness (QED) is 0.422. The lowest BCUT2D eigenvalue weighted by Crippen LogP contribution is -2.15. The summed E-state index contributed by atoms with van der Waals surface area (Å²) in [5, 5.41) is 13.0. The van der Waals surface area contributed by atoms with Gasteiger partial charge < -0.3 is 5.32 Å². The number of nitrogens with one attached hydrogen (secondary N) is 1. The van der Waals surface area contributed by atoms with Crippen LogP contribution >= 0.6 is 43.6 Å². The molecule has 0 bridgehead atoms. The predicted octanol–water partition coefficient (Wildman–Crippen LogP) is 5.55. The third-order valence-electron chi connectivity index (χ3n) is 3.75. The van der Waals surface area contributed by atoms with Crippen molar-refractivity contribution in [1.29, 1.82) is 5.26 Å². The number of carbonyl (C=O) groups is 1. The number of benzene rings is 1. The van der Waals surface area contributed by atoms with Gasteiger partial charge in [0.1, 0.15) is 11.1 Å². The summed E-state index contributed by atoms with van der Waals surface area (Å²) in [4.78, 5) is 16.8. The molecular formula is C19H17Br2N3OS. The van der Waals surface area contributed by atoms with Crippen molar-refractivity contribution in [2.45, 2.75) is 25.3 Å². The molecule has 1 N–H and O–H groups in total. The van der Waals surface area contributed by atoms with Crippen LogP contribution in [0.25, 0.3) is 0 Å². The summed E-state index contributed by atoms with van der Waals surface area (Å²) in [6, 6.07) is 7.78. The fraction of sp³-hybridized carbons (Fsp3) is 0.211. The predicted molar refractivity (Wildman–Crippen MR) is 114 cm³/mol. The Balaban J connectivity index is 2.16. The molecule has 1 aromatic heterocycles. The van der Waals surface area contributed by atoms with Crippen LogP contribution in [-0.2, 0) is 11.2 Å². The van der Waals surface area contributed by atoms with E-state index in [0.717, 1.165) is 25.8 Å². The molecule has 1 heterocycles. The fourth-order valence-electron chi connectivity index (χ4n) is 2.45. The number of nitrogens with zero attached hydrogens (tertiary/aromatic N) is 2. The van der Waals surface area contributed by atoms with Crippen LogP contribution in [0.15, 0.2) is 44.8 Å². The van der Waals surface area contributed by atoms with E-state index in [1.165, 1.54) is 11.8 Å². The monoisotopic (exact) mass is 493 g/mol. The molecule has 0 saturated carbocycles. The highest BCUT2D eigenvalue weighted by molar-refractivity contribution is 9.11. The van der Waals surface area contributed by atoms with Gasteiger partial charge in [0, 0.05) is 14.6 Å². The molecule has 0 saturated heterocycles. The maximum Gasteiger partial charge on any atom is 0.234 e. The maximum atomic E-state index is 12.3. The first-order chi connectivity index (χ1) is 12.4. The molecule has 0 spiro atoms. The first kappa shape index (κ1) is 20.7. The molecule has 0 unspecified atom stereocenters. The van der Waals surface area contributed by atoms with E-state index in [1.807, 2.05) is 32.0 Å². The highest BCUT2D eigenvalue weighted by atomic mass is 79.9. The number of carbonyl (C=O) groups excluding carboxylic acids is 1. The molecule has 0 radical (unpaired) electrons. The maximum absolute atomic E-state index is 12.3. The normalized spacial score (nSPS) is 10.3. The van der Waals surface area contributed by atoms with Gasteiger partial charge in [0.25, 0.3) is 0 Å². The molecule has 0 aliphatic rings. The third kappa shape index (κ3) is 4.97. The van der Waals surface area contributed by atoms with Crippen LogP contribution < -0.4 is 5.32 Å². The molecule has 0 fully saturated rings. The molecule has 1 aromatic carbocycles. The Labute approximate surface area is 174 Å². The second kappa shape index (κ2) is 9.36. The highest BCUT2D eigenvalue weighted by Gasteiger charge is 2.16. The number of anilines is 1. The van der Waals surface area contributed by atoms with Crippen molar-refractivity contribution in [3.05, 3.63) is 62.2 Å². The number of allylic oxidation sites excluding steroid dienone is 1. The minimum atomic E-state index is -0.162. The van der Waals surface area contributed by atoms with Crippen molar-refractivity contribution in [2.24, 2.45) is 0 Å². The lowest BCUT2D eigenvalue weighted by atomic mass is 10.0. The fourth-order valence-corrected chi connectivity index (χ4v) is 4.04. The Kier molecular flexibility index (Phi) is 7.44. The van der Waals surface area contributed by atoms with Crippen LogP contribution in [0.4, 0.5) is 5.69 Å². The van der Waals surface area contributed by atoms with Crippen molar-refractivity contribution in [2.75, 3.05) is 11.1 Å². The molecular weight excluding hydrogens is 478 g/mol. The molecule has 134 valence electrons. The molecule has 26 heavy (non-hydrogen) atoms. The van der Waals surface area contributed by atoms with Gasteiger partial charge in [-0.05, 0) is 65.5 Å². The molecule has 2 rings (SSSR count). The Hall–Kier alpha value is -1.62. The minimum absolute atomic E-state index is 0.162. The average molecular weight is 495 g/mol. The third-order valence-corrected chi connectivity index (χ3v) is 5.91. The summed E-state index contributed by atoms with van der Waals surface area (Å²) in [6.07, 6.45) is 2.47. The molecule has 0 aliphatic heterocycles. The number of aryl methyl sites for hydroxylation is 1. The topological polar surface area (TPSA) is 65.8 Å². The first-order valence-electron chi connectivity index (χ1n) is 7.76. The number of rotatable bonds is 6. The number of nitriles is 1. The summed E-state index contributed by atoms with van der Waals surface area (Å²) in [5.74, 6) is 0.00491. The Morgan fingerprint density at radius 1 is 1.42 bits per heavy atom. The molecule has 1 amide bonds. The lowest BCUT2D eigenvalue weighted by molar-refractivity contribution is -0.113. The van der Waals surface area contributed by atoms with Crippen molar-refractivity contribution in [3.63, 3.8) is 0 Å². The van der Waals surface area contributed by atoms with Crippen LogP contribution in [0.2, 0.25) is 0 Å². The van der Waals surface area contributed by atoms with Crippen LogP contribution in [-0.4, -0.2) is 16.6 Å². The standard InChI is InChI=1S/C19H17Br2N3OS/c1-4-5-14-11(2)15(9-22)19(23-12(14)3)26-10-18(25)24-17-8-13(20)6-7-16(17)21/h4,6-8H,1,5,10H2,2-3H3,(H,24,25). The van der Waals surface area contributed by atoms with Crippen LogP contribution in [0.5, 0.6) is 0 Å². The van der Waals surface area contributed by atoms with Crippen LogP contribution in [0, 0.1) is 25.2 Å². The minimum Gasteiger partial charge on any atom is -0.324 e. The molecule has 7 heteroatoms. The SMILES string of the molecule is C=CCc1c(C)nc(SCC(=O)Nc2cc(Br)ccc2Br)c(C#N)c1C. The van der Waals surface area contributed by atoms with Gasteiger partial charge in [-0.15, -0.1) is 6.58 Å². The zero-order valence-electron chi connectivity index (χ0n) is 14.4. The Morgan fingerprint density at radius 2 is 2.15 bits per heavy atom. The van der Waals surface area contributed by atoms with E-state index in [9.17, 15) is 10.1 Å². The van der Waals surface area contributed by atoms with Gasteiger partial charge in [-0.2, -0.15) is 5.26 Å². The first-order valence-corrected chi connectivity index (χ1v) is 10.3. The van der Waals surface area contributed by atoms with Gasteiger partial charge in [-0.25, -0.2) is 4.98 Å². The molecule has 0 atom stereocenters. The summed E-state index contributed by atoms with van der Waals surface area (Å²) in [7, 11) is 0. The highest BCUT2D eigenvalue weighted by Crippen LogP contribution is 2.29. The van der Waals surface area contributed by atoms with Gasteiger partial charge in [0.15, 0.2) is 0 Å². The second-order valence-corrected chi connectivity index (χ2v) is 8.28. The van der Waals surface area contributed by atoms with Crippen molar-refractivity contribution in [1.82, 2.24) is 4.98 Å². The number of amides is 1. The second-order valence-electron chi connectivity index (χ2n) is 5.55. The molecule has 0 aliphatic carbocycles. The Bertz CT molecular complexity index is 907. The number of hydrogen-bond acceptors (Lipinski definition) is 4. The zero-order valence-corrected chi connectivity index (χ0v) is 18.4. The smallest absolute Gasteiger partial charge is 0.234 e. The van der Waals surface area contributed by atoms with Crippen molar-refractivity contribution < 1.29 is 4.79 Å². The van der Waals surface area contributed by atoms with E-state index in [-0.39, 0.29) is 11.7 Å². The van der Waals surface area contributed by atoms with Gasteiger partial charge >= 0.3 is 0 Å². The van der Waals surface area contributed by atoms with E-state index in [2.05, 4.69) is 54.8 Å². The molecule has 2 aromatic rings. The molecule has 4 nitrogen and oxygen atoms in total. The largest absolute Gasteiger partial charge is 0.324 e. The summed E-state index contributed by atoms with van der Waals surface area (Å²) < 4.78 is 1.68. The number of pyridine rings is 1. The lowest BCUT2D eigenvalue weighted by Gasteiger charge is -2.13. The summed E-state index contributed by atoms with van der Waals surface area (Å²) in [6.45, 7) is 7.58. The van der Waals surface area contributed by atoms with Crippen molar-refractivity contribution >= 4 is 55.2 Å². The van der Waals surface area contributed by atoms with Crippen LogP contribution in [0.1, 0.15) is 22.4 Å². The van der Waals surface area contributed by atoms with Gasteiger partial charge in [-0.3, -0.25) is 4.79 Å². The number of aromatic nitrogens is 1. The zero-order chi connectivity index (χ0) is 19.3. The number of hydrogen-bond donors (Lipinski definition) is 1. The Morgan fingerprint density at radius 3 is 2.81 bits per heavy atom. The van der Waals surface area contributed by atoms with E-state index in [4.69, 9.17) is 0 Å².